The maximum absolute atomic E-state index is 10.9. The fourth-order valence-corrected chi connectivity index (χ4v) is 3.21. The number of thiazole rings is 1. The highest BCUT2D eigenvalue weighted by Gasteiger charge is 2.12. The molecule has 3 rings (SSSR count). The summed E-state index contributed by atoms with van der Waals surface area (Å²) < 4.78 is 5.40. The molecule has 0 aliphatic heterocycles. The number of hydrogen-bond acceptors (Lipinski definition) is 7. The summed E-state index contributed by atoms with van der Waals surface area (Å²) >= 11 is 1.30. The SMILES string of the molecule is CCOc1ccc(NC=C(C#N)c2nc(-c3cccc([N+](=O)[O-])c3)cs2)cc1. The Kier molecular flexibility index (Phi) is 5.99. The first-order chi connectivity index (χ1) is 13.6. The zero-order valence-electron chi connectivity index (χ0n) is 15.0. The van der Waals surface area contributed by atoms with E-state index in [0.717, 1.165) is 11.4 Å². The van der Waals surface area contributed by atoms with Gasteiger partial charge in [0.05, 0.1) is 17.2 Å². The van der Waals surface area contributed by atoms with Gasteiger partial charge in [0, 0.05) is 35.0 Å². The second-order valence-corrected chi connectivity index (χ2v) is 6.47. The molecule has 0 aliphatic carbocycles. The van der Waals surface area contributed by atoms with E-state index in [1.165, 1.54) is 23.5 Å². The molecule has 0 aliphatic rings. The van der Waals surface area contributed by atoms with Crippen molar-refractivity contribution in [1.82, 2.24) is 4.98 Å². The van der Waals surface area contributed by atoms with Crippen molar-refractivity contribution in [2.75, 3.05) is 11.9 Å². The van der Waals surface area contributed by atoms with Crippen LogP contribution in [0, 0.1) is 21.4 Å². The number of ether oxygens (including phenoxy) is 1. The number of aromatic nitrogens is 1. The Bertz CT molecular complexity index is 1050. The van der Waals surface area contributed by atoms with Gasteiger partial charge in [0.25, 0.3) is 5.69 Å². The average molecular weight is 392 g/mol. The standard InChI is InChI=1S/C20H16N4O3S/c1-2-27-18-8-6-16(7-9-18)22-12-15(11-21)20-23-19(13-28-20)14-4-3-5-17(10-14)24(25)26/h3-10,12-13,22H,2H2,1H3. The van der Waals surface area contributed by atoms with Crippen LogP contribution in [-0.4, -0.2) is 16.5 Å². The van der Waals surface area contributed by atoms with E-state index in [-0.39, 0.29) is 5.69 Å². The Morgan fingerprint density at radius 1 is 1.36 bits per heavy atom. The van der Waals surface area contributed by atoms with Gasteiger partial charge in [0.2, 0.25) is 0 Å². The summed E-state index contributed by atoms with van der Waals surface area (Å²) in [6.45, 7) is 2.52. The van der Waals surface area contributed by atoms with Gasteiger partial charge >= 0.3 is 0 Å². The molecule has 1 N–H and O–H groups in total. The molecule has 0 bridgehead atoms. The molecule has 7 nitrogen and oxygen atoms in total. The third-order valence-corrected chi connectivity index (χ3v) is 4.63. The number of rotatable bonds is 7. The molecule has 3 aromatic rings. The minimum atomic E-state index is -0.446. The third kappa shape index (κ3) is 4.52. The Morgan fingerprint density at radius 2 is 2.14 bits per heavy atom. The van der Waals surface area contributed by atoms with Gasteiger partial charge in [-0.3, -0.25) is 10.1 Å². The van der Waals surface area contributed by atoms with Crippen molar-refractivity contribution in [2.45, 2.75) is 6.92 Å². The minimum Gasteiger partial charge on any atom is -0.494 e. The molecular weight excluding hydrogens is 376 g/mol. The maximum Gasteiger partial charge on any atom is 0.270 e. The van der Waals surface area contributed by atoms with Crippen LogP contribution < -0.4 is 10.1 Å². The number of hydrogen-bond donors (Lipinski definition) is 1. The molecule has 0 amide bonds. The normalized spacial score (nSPS) is 10.9. The van der Waals surface area contributed by atoms with E-state index >= 15 is 0 Å². The monoisotopic (exact) mass is 392 g/mol. The second-order valence-electron chi connectivity index (χ2n) is 5.62. The van der Waals surface area contributed by atoms with Crippen LogP contribution in [0.25, 0.3) is 16.8 Å². The van der Waals surface area contributed by atoms with Crippen molar-refractivity contribution < 1.29 is 9.66 Å². The number of nitriles is 1. The van der Waals surface area contributed by atoms with Crippen molar-refractivity contribution in [3.63, 3.8) is 0 Å². The number of non-ortho nitro benzene ring substituents is 1. The molecule has 0 radical (unpaired) electrons. The van der Waals surface area contributed by atoms with Crippen molar-refractivity contribution in [3.8, 4) is 23.1 Å². The number of nitro groups is 1. The third-order valence-electron chi connectivity index (χ3n) is 3.76. The summed E-state index contributed by atoms with van der Waals surface area (Å²) in [4.78, 5) is 14.9. The summed E-state index contributed by atoms with van der Waals surface area (Å²) in [5, 5.41) is 25.8. The molecule has 1 heterocycles. The Hall–Kier alpha value is -3.70. The molecule has 0 atom stereocenters. The van der Waals surface area contributed by atoms with Crippen molar-refractivity contribution in [3.05, 3.63) is 75.2 Å². The number of allylic oxidation sites excluding steroid dienone is 1. The highest BCUT2D eigenvalue weighted by atomic mass is 32.1. The summed E-state index contributed by atoms with van der Waals surface area (Å²) in [6.07, 6.45) is 1.59. The first kappa shape index (κ1) is 19.1. The molecule has 140 valence electrons. The van der Waals surface area contributed by atoms with Crippen LogP contribution in [0.2, 0.25) is 0 Å². The summed E-state index contributed by atoms with van der Waals surface area (Å²) in [5.41, 5.74) is 2.40. The van der Waals surface area contributed by atoms with Crippen LogP contribution in [0.5, 0.6) is 5.75 Å². The predicted molar refractivity (Wildman–Crippen MR) is 109 cm³/mol. The zero-order chi connectivity index (χ0) is 19.9. The van der Waals surface area contributed by atoms with E-state index in [9.17, 15) is 15.4 Å². The molecule has 1 aromatic heterocycles. The van der Waals surface area contributed by atoms with Gasteiger partial charge in [-0.15, -0.1) is 11.3 Å². The molecule has 8 heteroatoms. The largest absolute Gasteiger partial charge is 0.494 e. The summed E-state index contributed by atoms with van der Waals surface area (Å²) in [6, 6.07) is 15.8. The predicted octanol–water partition coefficient (Wildman–Crippen LogP) is 5.09. The molecule has 0 saturated carbocycles. The minimum absolute atomic E-state index is 0.000245. The van der Waals surface area contributed by atoms with Crippen molar-refractivity contribution >= 4 is 28.3 Å². The molecule has 0 unspecified atom stereocenters. The number of anilines is 1. The van der Waals surface area contributed by atoms with Crippen LogP contribution in [0.15, 0.2) is 60.1 Å². The maximum atomic E-state index is 10.9. The van der Waals surface area contributed by atoms with E-state index in [1.807, 2.05) is 31.2 Å². The smallest absolute Gasteiger partial charge is 0.270 e. The van der Waals surface area contributed by atoms with Gasteiger partial charge in [0.15, 0.2) is 0 Å². The molecular formula is C20H16N4O3S. The van der Waals surface area contributed by atoms with Gasteiger partial charge in [-0.05, 0) is 31.2 Å². The van der Waals surface area contributed by atoms with Gasteiger partial charge in [-0.1, -0.05) is 12.1 Å². The van der Waals surface area contributed by atoms with Crippen LogP contribution in [0.3, 0.4) is 0 Å². The fourth-order valence-electron chi connectivity index (χ4n) is 2.42. The summed E-state index contributed by atoms with van der Waals surface area (Å²) in [5.74, 6) is 0.777. The molecule has 0 fully saturated rings. The van der Waals surface area contributed by atoms with E-state index in [4.69, 9.17) is 4.74 Å². The number of nitro benzene ring substituents is 1. The zero-order valence-corrected chi connectivity index (χ0v) is 15.8. The Labute approximate surface area is 165 Å². The van der Waals surface area contributed by atoms with Crippen LogP contribution in [-0.2, 0) is 0 Å². The second kappa shape index (κ2) is 8.79. The lowest BCUT2D eigenvalue weighted by atomic mass is 10.1. The van der Waals surface area contributed by atoms with Crippen LogP contribution in [0.4, 0.5) is 11.4 Å². The first-order valence-corrected chi connectivity index (χ1v) is 9.29. The molecule has 28 heavy (non-hydrogen) atoms. The van der Waals surface area contributed by atoms with E-state index < -0.39 is 4.92 Å². The Balaban J connectivity index is 1.78. The lowest BCUT2D eigenvalue weighted by Crippen LogP contribution is -1.93. The summed E-state index contributed by atoms with van der Waals surface area (Å²) in [7, 11) is 0. The molecule has 2 aromatic carbocycles. The Morgan fingerprint density at radius 3 is 2.82 bits per heavy atom. The van der Waals surface area contributed by atoms with E-state index in [1.54, 1.807) is 23.7 Å². The van der Waals surface area contributed by atoms with E-state index in [0.29, 0.717) is 28.4 Å². The van der Waals surface area contributed by atoms with Gasteiger partial charge in [0.1, 0.15) is 22.4 Å². The lowest BCUT2D eigenvalue weighted by molar-refractivity contribution is -0.384. The van der Waals surface area contributed by atoms with Gasteiger partial charge in [-0.2, -0.15) is 5.26 Å². The average Bonchev–Trinajstić information content (AvgIpc) is 3.20. The van der Waals surface area contributed by atoms with Gasteiger partial charge in [-0.25, -0.2) is 4.98 Å². The lowest BCUT2D eigenvalue weighted by Gasteiger charge is -2.05. The van der Waals surface area contributed by atoms with Crippen LogP contribution in [0.1, 0.15) is 11.9 Å². The number of nitrogens with zero attached hydrogens (tertiary/aromatic N) is 3. The number of benzene rings is 2. The van der Waals surface area contributed by atoms with E-state index in [2.05, 4.69) is 16.4 Å². The topological polar surface area (TPSA) is 101 Å². The highest BCUT2D eigenvalue weighted by Crippen LogP contribution is 2.28. The van der Waals surface area contributed by atoms with Crippen LogP contribution >= 0.6 is 11.3 Å². The molecule has 0 spiro atoms. The quantitative estimate of drug-likeness (QED) is 0.341. The fraction of sp³-hybridized carbons (Fsp3) is 0.100. The first-order valence-electron chi connectivity index (χ1n) is 8.41. The van der Waals surface area contributed by atoms with Crippen molar-refractivity contribution in [1.29, 1.82) is 5.26 Å². The van der Waals surface area contributed by atoms with Gasteiger partial charge < -0.3 is 10.1 Å². The van der Waals surface area contributed by atoms with Crippen molar-refractivity contribution in [2.24, 2.45) is 0 Å². The highest BCUT2D eigenvalue weighted by molar-refractivity contribution is 7.11. The molecule has 0 saturated heterocycles. The number of nitrogens with one attached hydrogen (secondary N) is 1.